The molecule has 0 unspecified atom stereocenters. The molecule has 5 nitrogen and oxygen atoms in total. The van der Waals surface area contributed by atoms with Crippen molar-refractivity contribution in [1.82, 2.24) is 0 Å². The first-order valence-corrected chi connectivity index (χ1v) is 9.80. The monoisotopic (exact) mass is 422 g/mol. The zero-order valence-electron chi connectivity index (χ0n) is 15.6. The summed E-state index contributed by atoms with van der Waals surface area (Å²) in [6.45, 7) is 4.04. The van der Waals surface area contributed by atoms with Gasteiger partial charge in [0, 0.05) is 0 Å². The molecule has 9 heteroatoms. The molecule has 0 bridgehead atoms. The summed E-state index contributed by atoms with van der Waals surface area (Å²) in [6, 6.07) is 8.87. The van der Waals surface area contributed by atoms with Gasteiger partial charge in [-0.2, -0.15) is 32.1 Å². The predicted molar refractivity (Wildman–Crippen MR) is 100 cm³/mol. The van der Waals surface area contributed by atoms with Gasteiger partial charge in [0.2, 0.25) is 0 Å². The normalized spacial score (nSPS) is 16.7. The van der Waals surface area contributed by atoms with Gasteiger partial charge in [0.1, 0.15) is 23.5 Å². The van der Waals surface area contributed by atoms with Crippen LogP contribution in [-0.2, 0) is 10.1 Å². The van der Waals surface area contributed by atoms with Gasteiger partial charge in [-0.3, -0.25) is 0 Å². The number of nitriles is 2. The fourth-order valence-corrected chi connectivity index (χ4v) is 3.36. The summed E-state index contributed by atoms with van der Waals surface area (Å²) in [5, 5.41) is 18.2. The lowest BCUT2D eigenvalue weighted by molar-refractivity contribution is -0.0500. The summed E-state index contributed by atoms with van der Waals surface area (Å²) in [5.41, 5.74) is -3.42. The quantitative estimate of drug-likeness (QED) is 0.386. The van der Waals surface area contributed by atoms with E-state index in [-0.39, 0.29) is 11.0 Å². The van der Waals surface area contributed by atoms with Gasteiger partial charge in [-0.05, 0) is 47.1 Å². The number of benzene rings is 1. The van der Waals surface area contributed by atoms with Crippen LogP contribution in [0.4, 0.5) is 13.2 Å². The van der Waals surface area contributed by atoms with E-state index >= 15 is 0 Å². The fourth-order valence-electron chi connectivity index (χ4n) is 2.90. The molecule has 152 valence electrons. The lowest BCUT2D eigenvalue weighted by Gasteiger charge is -2.30. The molecule has 1 aromatic carbocycles. The van der Waals surface area contributed by atoms with E-state index in [1.54, 1.807) is 18.2 Å². The highest BCUT2D eigenvalue weighted by molar-refractivity contribution is 7.88. The summed E-state index contributed by atoms with van der Waals surface area (Å²) in [5.74, 6) is -0.449. The summed E-state index contributed by atoms with van der Waals surface area (Å²) >= 11 is 0. The van der Waals surface area contributed by atoms with Crippen molar-refractivity contribution in [3.05, 3.63) is 58.7 Å². The Morgan fingerprint density at radius 3 is 2.21 bits per heavy atom. The lowest BCUT2D eigenvalue weighted by Crippen LogP contribution is -2.28. The fraction of sp³-hybridized carbons (Fsp3) is 0.300. The SMILES string of the molecule is CC1(C)CC(/C=C/c2ccc(OS(=O)(=O)C(F)(F)F)cc2)=CC(=C(C#N)C#N)C1. The first-order chi connectivity index (χ1) is 13.4. The highest BCUT2D eigenvalue weighted by atomic mass is 32.2. The number of nitrogens with zero attached hydrogens (tertiary/aromatic N) is 2. The van der Waals surface area contributed by atoms with Gasteiger partial charge >= 0.3 is 15.6 Å². The third-order valence-corrected chi connectivity index (χ3v) is 5.09. The van der Waals surface area contributed by atoms with Crippen LogP contribution in [0, 0.1) is 28.1 Å². The molecule has 1 aliphatic carbocycles. The molecule has 2 rings (SSSR count). The van der Waals surface area contributed by atoms with Gasteiger partial charge < -0.3 is 4.18 Å². The minimum atomic E-state index is -5.71. The minimum absolute atomic E-state index is 0.0658. The average molecular weight is 422 g/mol. The molecule has 0 amide bonds. The van der Waals surface area contributed by atoms with Gasteiger partial charge in [0.25, 0.3) is 0 Å². The molecule has 0 atom stereocenters. The van der Waals surface area contributed by atoms with Crippen LogP contribution in [0.15, 0.2) is 53.1 Å². The first-order valence-electron chi connectivity index (χ1n) is 8.40. The second-order valence-corrected chi connectivity index (χ2v) is 8.78. The molecule has 0 fully saturated rings. The van der Waals surface area contributed by atoms with Crippen LogP contribution in [0.25, 0.3) is 6.08 Å². The molecule has 0 saturated carbocycles. The summed E-state index contributed by atoms with van der Waals surface area (Å²) in [4.78, 5) is 0. The largest absolute Gasteiger partial charge is 0.534 e. The Balaban J connectivity index is 2.23. The number of hydrogen-bond donors (Lipinski definition) is 0. The van der Waals surface area contributed by atoms with Crippen molar-refractivity contribution >= 4 is 16.2 Å². The molecule has 29 heavy (non-hydrogen) atoms. The molecular weight excluding hydrogens is 405 g/mol. The smallest absolute Gasteiger partial charge is 0.376 e. The summed E-state index contributed by atoms with van der Waals surface area (Å²) in [7, 11) is -5.71. The Hall–Kier alpha value is -3.04. The van der Waals surface area contributed by atoms with E-state index in [1.165, 1.54) is 12.1 Å². The Bertz CT molecular complexity index is 1050. The first kappa shape index (κ1) is 22.3. The molecule has 0 heterocycles. The van der Waals surface area contributed by atoms with Crippen LogP contribution >= 0.6 is 0 Å². The van der Waals surface area contributed by atoms with Crippen molar-refractivity contribution in [1.29, 1.82) is 10.5 Å². The van der Waals surface area contributed by atoms with E-state index in [0.29, 0.717) is 24.0 Å². The maximum absolute atomic E-state index is 12.4. The van der Waals surface area contributed by atoms with E-state index in [2.05, 4.69) is 4.18 Å². The Morgan fingerprint density at radius 1 is 1.10 bits per heavy atom. The Morgan fingerprint density at radius 2 is 1.69 bits per heavy atom. The summed E-state index contributed by atoms with van der Waals surface area (Å²) < 4.78 is 63.1. The van der Waals surface area contributed by atoms with Gasteiger partial charge in [0.05, 0.1) is 0 Å². The van der Waals surface area contributed by atoms with Crippen LogP contribution in [0.2, 0.25) is 0 Å². The Kier molecular flexibility index (Phi) is 6.24. The summed E-state index contributed by atoms with van der Waals surface area (Å²) in [6.07, 6.45) is 6.58. The number of halogens is 3. The second kappa shape index (κ2) is 8.14. The van der Waals surface area contributed by atoms with Crippen molar-refractivity contribution in [2.24, 2.45) is 5.41 Å². The van der Waals surface area contributed by atoms with Gasteiger partial charge in [-0.25, -0.2) is 0 Å². The van der Waals surface area contributed by atoms with Crippen LogP contribution in [0.3, 0.4) is 0 Å². The molecule has 0 aliphatic heterocycles. The maximum Gasteiger partial charge on any atom is 0.534 e. The lowest BCUT2D eigenvalue weighted by atomic mass is 9.74. The van der Waals surface area contributed by atoms with E-state index in [9.17, 15) is 21.6 Å². The predicted octanol–water partition coefficient (Wildman–Crippen LogP) is 5.02. The van der Waals surface area contributed by atoms with Crippen LogP contribution in [-0.4, -0.2) is 13.9 Å². The van der Waals surface area contributed by atoms with Crippen molar-refractivity contribution < 1.29 is 25.8 Å². The zero-order chi connectivity index (χ0) is 21.9. The van der Waals surface area contributed by atoms with Gasteiger partial charge in [-0.1, -0.05) is 44.2 Å². The molecule has 1 aromatic rings. The second-order valence-electron chi connectivity index (χ2n) is 7.25. The molecular formula is C20H17F3N2O3S. The molecule has 0 N–H and O–H groups in total. The molecule has 1 aliphatic rings. The average Bonchev–Trinajstić information content (AvgIpc) is 2.60. The number of allylic oxidation sites excluding steroid dienone is 5. The van der Waals surface area contributed by atoms with E-state index in [4.69, 9.17) is 10.5 Å². The van der Waals surface area contributed by atoms with Crippen LogP contribution < -0.4 is 4.18 Å². The number of hydrogen-bond acceptors (Lipinski definition) is 5. The van der Waals surface area contributed by atoms with Crippen LogP contribution in [0.1, 0.15) is 32.3 Å². The molecule has 0 spiro atoms. The van der Waals surface area contributed by atoms with Gasteiger partial charge in [-0.15, -0.1) is 0 Å². The molecule has 0 aromatic heterocycles. The third kappa shape index (κ3) is 5.72. The number of rotatable bonds is 4. The standard InChI is InChI=1S/C20H17F3N2O3S/c1-19(2)10-15(9-16(11-19)17(12-24)13-25)4-3-14-5-7-18(8-6-14)28-29(26,27)20(21,22)23/h3-9H,10-11H2,1-2H3/b4-3+. The third-order valence-electron chi connectivity index (χ3n) is 4.12. The van der Waals surface area contributed by atoms with Crippen molar-refractivity contribution in [2.45, 2.75) is 32.2 Å². The van der Waals surface area contributed by atoms with Gasteiger partial charge in [0.15, 0.2) is 0 Å². The highest BCUT2D eigenvalue weighted by Gasteiger charge is 2.48. The zero-order valence-corrected chi connectivity index (χ0v) is 16.4. The van der Waals surface area contributed by atoms with E-state index in [0.717, 1.165) is 17.7 Å². The maximum atomic E-state index is 12.4. The minimum Gasteiger partial charge on any atom is -0.376 e. The van der Waals surface area contributed by atoms with Crippen molar-refractivity contribution in [3.8, 4) is 17.9 Å². The molecule has 0 radical (unpaired) electrons. The highest BCUT2D eigenvalue weighted by Crippen LogP contribution is 2.39. The van der Waals surface area contributed by atoms with Crippen LogP contribution in [0.5, 0.6) is 5.75 Å². The van der Waals surface area contributed by atoms with E-state index in [1.807, 2.05) is 26.0 Å². The van der Waals surface area contributed by atoms with Crippen molar-refractivity contribution in [2.75, 3.05) is 0 Å². The van der Waals surface area contributed by atoms with Crippen molar-refractivity contribution in [3.63, 3.8) is 0 Å². The topological polar surface area (TPSA) is 90.9 Å². The Labute approximate surface area is 167 Å². The molecule has 0 saturated heterocycles. The van der Waals surface area contributed by atoms with E-state index < -0.39 is 21.4 Å². The number of alkyl halides is 3.